The van der Waals surface area contributed by atoms with Crippen molar-refractivity contribution >= 4 is 21.5 Å². The van der Waals surface area contributed by atoms with E-state index in [1.807, 2.05) is 20.8 Å². The van der Waals surface area contributed by atoms with E-state index in [2.05, 4.69) is 18.6 Å². The number of unbranched alkanes of at least 4 members (excludes halogenated alkanes) is 1. The lowest BCUT2D eigenvalue weighted by Gasteiger charge is -2.35. The average Bonchev–Trinajstić information content (AvgIpc) is 2.25. The molecule has 0 bridgehead atoms. The lowest BCUT2D eigenvalue weighted by atomic mass is 9.91. The molecule has 0 rings (SSSR count). The standard InChI is InChI=1S/C14H31NO4S2/c1-7-10-14(5,15-20(16)13(2,3)4)11-8-9-12-19-21(6,17)18/h15H,7-12H2,1-6H3. The van der Waals surface area contributed by atoms with Gasteiger partial charge in [0, 0.05) is 11.4 Å². The van der Waals surface area contributed by atoms with Crippen molar-refractivity contribution in [1.29, 1.82) is 0 Å². The van der Waals surface area contributed by atoms with E-state index < -0.39 is 21.5 Å². The van der Waals surface area contributed by atoms with Gasteiger partial charge in [0.05, 0.1) is 18.4 Å². The summed E-state index contributed by atoms with van der Waals surface area (Å²) in [5, 5.41) is 0. The van der Waals surface area contributed by atoms with E-state index in [-0.39, 0.29) is 16.9 Å². The fourth-order valence-electron chi connectivity index (χ4n) is 1.98. The highest BCUT2D eigenvalue weighted by Gasteiger charge is 2.34. The molecule has 0 amide bonds. The van der Waals surface area contributed by atoms with Crippen molar-refractivity contribution in [2.45, 2.75) is 77.0 Å². The molecule has 0 heterocycles. The van der Waals surface area contributed by atoms with Crippen LogP contribution in [0.3, 0.4) is 0 Å². The fourth-order valence-corrected chi connectivity index (χ4v) is 3.36. The Kier molecular flexibility index (Phi) is 8.79. The van der Waals surface area contributed by atoms with Crippen LogP contribution in [0.1, 0.15) is 66.7 Å². The van der Waals surface area contributed by atoms with Gasteiger partial charge < -0.3 is 4.55 Å². The number of hydrogen-bond donors (Lipinski definition) is 1. The zero-order valence-corrected chi connectivity index (χ0v) is 15.8. The summed E-state index contributed by atoms with van der Waals surface area (Å²) >= 11 is -1.11. The maximum Gasteiger partial charge on any atom is 0.264 e. The molecule has 7 heteroatoms. The topological polar surface area (TPSA) is 78.5 Å². The third-order valence-electron chi connectivity index (χ3n) is 3.12. The van der Waals surface area contributed by atoms with Crippen LogP contribution in [-0.2, 0) is 25.7 Å². The summed E-state index contributed by atoms with van der Waals surface area (Å²) in [7, 11) is -3.35. The molecule has 0 fully saturated rings. The molecule has 21 heavy (non-hydrogen) atoms. The minimum absolute atomic E-state index is 0.196. The van der Waals surface area contributed by atoms with E-state index >= 15 is 0 Å². The van der Waals surface area contributed by atoms with Gasteiger partial charge in [-0.1, -0.05) is 13.3 Å². The Morgan fingerprint density at radius 2 is 1.71 bits per heavy atom. The molecule has 0 spiro atoms. The predicted octanol–water partition coefficient (Wildman–Crippen LogP) is 2.74. The van der Waals surface area contributed by atoms with Gasteiger partial charge in [0.15, 0.2) is 0 Å². The molecule has 0 aromatic heterocycles. The number of rotatable bonds is 10. The van der Waals surface area contributed by atoms with E-state index in [4.69, 9.17) is 4.18 Å². The van der Waals surface area contributed by atoms with Gasteiger partial charge in [-0.3, -0.25) is 4.18 Å². The molecule has 0 saturated heterocycles. The fraction of sp³-hybridized carbons (Fsp3) is 1.00. The smallest absolute Gasteiger partial charge is 0.264 e. The normalized spacial score (nSPS) is 17.5. The van der Waals surface area contributed by atoms with Crippen molar-refractivity contribution in [1.82, 2.24) is 4.72 Å². The first-order valence-electron chi connectivity index (χ1n) is 7.44. The second-order valence-corrected chi connectivity index (χ2v) is 10.4. The summed E-state index contributed by atoms with van der Waals surface area (Å²) in [6.45, 7) is 10.2. The van der Waals surface area contributed by atoms with Gasteiger partial charge in [0.1, 0.15) is 4.75 Å². The summed E-state index contributed by atoms with van der Waals surface area (Å²) in [5.74, 6) is 0. The van der Waals surface area contributed by atoms with E-state index in [9.17, 15) is 13.0 Å². The molecule has 0 aliphatic carbocycles. The Labute approximate surface area is 133 Å². The van der Waals surface area contributed by atoms with Crippen molar-refractivity contribution in [3.8, 4) is 0 Å². The second kappa shape index (κ2) is 8.72. The Bertz CT molecular complexity index is 392. The molecular formula is C14H31NO4S2. The average molecular weight is 342 g/mol. The Morgan fingerprint density at radius 1 is 1.14 bits per heavy atom. The van der Waals surface area contributed by atoms with Gasteiger partial charge >= 0.3 is 0 Å². The highest BCUT2D eigenvalue weighted by molar-refractivity contribution is 7.90. The van der Waals surface area contributed by atoms with Crippen LogP contribution in [0.25, 0.3) is 0 Å². The first kappa shape index (κ1) is 21.2. The number of nitrogens with one attached hydrogen (secondary N) is 1. The molecule has 0 saturated carbocycles. The maximum absolute atomic E-state index is 12.3. The first-order valence-corrected chi connectivity index (χ1v) is 10.4. The number of hydrogen-bond acceptors (Lipinski definition) is 5. The van der Waals surface area contributed by atoms with Crippen LogP contribution < -0.4 is 4.72 Å². The largest absolute Gasteiger partial charge is 0.598 e. The van der Waals surface area contributed by atoms with E-state index in [0.29, 0.717) is 6.42 Å². The van der Waals surface area contributed by atoms with Gasteiger partial charge in [-0.25, -0.2) is 0 Å². The molecular weight excluding hydrogens is 310 g/mol. The van der Waals surface area contributed by atoms with Crippen molar-refractivity contribution in [2.75, 3.05) is 12.9 Å². The van der Waals surface area contributed by atoms with Crippen LogP contribution in [0.5, 0.6) is 0 Å². The van der Waals surface area contributed by atoms with Gasteiger partial charge in [-0.2, -0.15) is 8.42 Å². The zero-order chi connectivity index (χ0) is 16.7. The van der Waals surface area contributed by atoms with E-state index in [1.165, 1.54) is 0 Å². The third-order valence-corrected chi connectivity index (χ3v) is 5.50. The second-order valence-electron chi connectivity index (χ2n) is 6.78. The summed E-state index contributed by atoms with van der Waals surface area (Å²) in [6, 6.07) is 0. The molecule has 2 atom stereocenters. The quantitative estimate of drug-likeness (QED) is 0.375. The monoisotopic (exact) mass is 341 g/mol. The molecule has 128 valence electrons. The molecule has 1 N–H and O–H groups in total. The highest BCUT2D eigenvalue weighted by atomic mass is 32.2. The summed E-state index contributed by atoms with van der Waals surface area (Å²) < 4.78 is 41.7. The van der Waals surface area contributed by atoms with Crippen molar-refractivity contribution in [3.05, 3.63) is 0 Å². The molecule has 5 nitrogen and oxygen atoms in total. The molecule has 0 aromatic carbocycles. The lowest BCUT2D eigenvalue weighted by Crippen LogP contribution is -2.51. The van der Waals surface area contributed by atoms with Crippen LogP contribution >= 0.6 is 0 Å². The van der Waals surface area contributed by atoms with Crippen LogP contribution in [0.2, 0.25) is 0 Å². The third kappa shape index (κ3) is 10.5. The van der Waals surface area contributed by atoms with Crippen LogP contribution in [0.4, 0.5) is 0 Å². The minimum Gasteiger partial charge on any atom is -0.598 e. The van der Waals surface area contributed by atoms with E-state index in [1.54, 1.807) is 0 Å². The van der Waals surface area contributed by atoms with Gasteiger partial charge in [0.2, 0.25) is 0 Å². The molecule has 2 unspecified atom stereocenters. The molecule has 0 aromatic rings. The Hall–Kier alpha value is 0.180. The van der Waals surface area contributed by atoms with Crippen LogP contribution in [-0.4, -0.2) is 36.1 Å². The van der Waals surface area contributed by atoms with Crippen molar-refractivity contribution in [2.24, 2.45) is 0 Å². The summed E-state index contributed by atoms with van der Waals surface area (Å²) in [6.07, 6.45) is 5.35. The van der Waals surface area contributed by atoms with E-state index in [0.717, 1.165) is 31.9 Å². The molecule has 0 aliphatic heterocycles. The minimum atomic E-state index is -3.35. The lowest BCUT2D eigenvalue weighted by molar-refractivity contribution is 0.289. The SMILES string of the molecule is CCCC(C)(CCCCOS(C)(=O)=O)N[S+]([O-])C(C)(C)C. The van der Waals surface area contributed by atoms with Gasteiger partial charge in [-0.05, 0) is 53.4 Å². The molecule has 0 aliphatic rings. The highest BCUT2D eigenvalue weighted by Crippen LogP contribution is 2.25. The van der Waals surface area contributed by atoms with Crippen molar-refractivity contribution in [3.63, 3.8) is 0 Å². The molecule has 0 radical (unpaired) electrons. The maximum atomic E-state index is 12.3. The van der Waals surface area contributed by atoms with Crippen molar-refractivity contribution < 1.29 is 17.2 Å². The predicted molar refractivity (Wildman–Crippen MR) is 89.0 cm³/mol. The zero-order valence-electron chi connectivity index (χ0n) is 14.2. The Balaban J connectivity index is 4.33. The first-order chi connectivity index (χ1) is 9.40. The summed E-state index contributed by atoms with van der Waals surface area (Å²) in [5.41, 5.74) is -0.196. The van der Waals surface area contributed by atoms with Gasteiger partial charge in [-0.15, -0.1) is 4.72 Å². The summed E-state index contributed by atoms with van der Waals surface area (Å²) in [4.78, 5) is 0. The van der Waals surface area contributed by atoms with Crippen LogP contribution in [0.15, 0.2) is 0 Å². The Morgan fingerprint density at radius 3 is 2.14 bits per heavy atom. The van der Waals surface area contributed by atoms with Gasteiger partial charge in [0.25, 0.3) is 10.1 Å². The van der Waals surface area contributed by atoms with Crippen LogP contribution in [0, 0.1) is 0 Å².